The van der Waals surface area contributed by atoms with E-state index in [2.05, 4.69) is 20.4 Å². The van der Waals surface area contributed by atoms with Crippen LogP contribution in [0.1, 0.15) is 22.8 Å². The van der Waals surface area contributed by atoms with Crippen molar-refractivity contribution in [2.24, 2.45) is 0 Å². The van der Waals surface area contributed by atoms with Crippen LogP contribution in [0.4, 0.5) is 5.69 Å². The van der Waals surface area contributed by atoms with E-state index in [4.69, 9.17) is 0 Å². The van der Waals surface area contributed by atoms with Gasteiger partial charge in [-0.2, -0.15) is 4.98 Å². The molecular formula is C16H17N5O2. The number of nitrogens with one attached hydrogen (secondary N) is 1. The third-order valence-electron chi connectivity index (χ3n) is 3.41. The van der Waals surface area contributed by atoms with Gasteiger partial charge in [0.05, 0.1) is 12.1 Å². The van der Waals surface area contributed by atoms with Crippen LogP contribution in [-0.4, -0.2) is 30.6 Å². The summed E-state index contributed by atoms with van der Waals surface area (Å²) in [5.41, 5.74) is 3.08. The van der Waals surface area contributed by atoms with Crippen molar-refractivity contribution < 1.29 is 9.90 Å². The Morgan fingerprint density at radius 3 is 2.78 bits per heavy atom. The van der Waals surface area contributed by atoms with E-state index in [1.165, 1.54) is 0 Å². The first-order valence-corrected chi connectivity index (χ1v) is 7.22. The molecule has 0 saturated carbocycles. The highest BCUT2D eigenvalue weighted by molar-refractivity contribution is 5.93. The Morgan fingerprint density at radius 1 is 1.22 bits per heavy atom. The Kier molecular flexibility index (Phi) is 3.69. The van der Waals surface area contributed by atoms with Gasteiger partial charge in [0, 0.05) is 11.4 Å². The van der Waals surface area contributed by atoms with E-state index < -0.39 is 0 Å². The van der Waals surface area contributed by atoms with Gasteiger partial charge in [0.1, 0.15) is 5.75 Å². The van der Waals surface area contributed by atoms with E-state index in [0.717, 1.165) is 17.0 Å². The predicted octanol–water partition coefficient (Wildman–Crippen LogP) is 1.94. The quantitative estimate of drug-likeness (QED) is 0.721. The molecule has 0 aliphatic carbocycles. The predicted molar refractivity (Wildman–Crippen MR) is 85.4 cm³/mol. The van der Waals surface area contributed by atoms with Gasteiger partial charge in [-0.15, -0.1) is 5.10 Å². The number of phenols is 1. The van der Waals surface area contributed by atoms with Gasteiger partial charge in [-0.3, -0.25) is 4.79 Å². The number of phenolic OH excluding ortho intramolecular Hbond substituents is 1. The molecule has 0 saturated heterocycles. The van der Waals surface area contributed by atoms with Crippen molar-refractivity contribution in [1.29, 1.82) is 0 Å². The number of benzene rings is 1. The minimum atomic E-state index is -0.295. The molecule has 0 radical (unpaired) electrons. The fraction of sp³-hybridized carbons (Fsp3) is 0.250. The molecule has 0 bridgehead atoms. The number of fused-ring (bicyclic) bond motifs is 1. The molecule has 23 heavy (non-hydrogen) atoms. The van der Waals surface area contributed by atoms with Gasteiger partial charge in [0.15, 0.2) is 5.82 Å². The van der Waals surface area contributed by atoms with E-state index in [9.17, 15) is 9.90 Å². The normalized spacial score (nSPS) is 10.9. The minimum Gasteiger partial charge on any atom is -0.506 e. The number of aromatic nitrogens is 4. The lowest BCUT2D eigenvalue weighted by atomic mass is 10.2. The van der Waals surface area contributed by atoms with E-state index in [0.29, 0.717) is 17.3 Å². The Bertz CT molecular complexity index is 901. The summed E-state index contributed by atoms with van der Waals surface area (Å²) in [4.78, 5) is 20.7. The van der Waals surface area contributed by atoms with Crippen molar-refractivity contribution >= 4 is 17.4 Å². The molecule has 0 unspecified atom stereocenters. The molecule has 7 nitrogen and oxygen atoms in total. The van der Waals surface area contributed by atoms with Crippen LogP contribution in [0.25, 0.3) is 5.78 Å². The van der Waals surface area contributed by atoms with Crippen LogP contribution in [-0.2, 0) is 11.2 Å². The largest absolute Gasteiger partial charge is 0.506 e. The Labute approximate surface area is 133 Å². The molecule has 2 aromatic heterocycles. The number of hydrogen-bond donors (Lipinski definition) is 2. The Morgan fingerprint density at radius 2 is 2.00 bits per heavy atom. The van der Waals surface area contributed by atoms with E-state index in [1.807, 2.05) is 26.8 Å². The lowest BCUT2D eigenvalue weighted by Crippen LogP contribution is -2.15. The first-order valence-electron chi connectivity index (χ1n) is 7.22. The summed E-state index contributed by atoms with van der Waals surface area (Å²) in [6, 6.07) is 6.92. The van der Waals surface area contributed by atoms with Gasteiger partial charge < -0.3 is 10.4 Å². The summed E-state index contributed by atoms with van der Waals surface area (Å²) >= 11 is 0. The van der Waals surface area contributed by atoms with Gasteiger partial charge in [-0.25, -0.2) is 9.50 Å². The number of carbonyl (C=O) groups is 1. The molecule has 3 rings (SSSR count). The molecule has 2 N–H and O–H groups in total. The average Bonchev–Trinajstić information content (AvgIpc) is 2.85. The minimum absolute atomic E-state index is 0.00916. The van der Waals surface area contributed by atoms with Crippen molar-refractivity contribution in [3.05, 3.63) is 47.0 Å². The van der Waals surface area contributed by atoms with E-state index >= 15 is 0 Å². The first kappa shape index (κ1) is 15.0. The van der Waals surface area contributed by atoms with Crippen molar-refractivity contribution in [3.8, 4) is 5.75 Å². The molecule has 3 aromatic rings. The summed E-state index contributed by atoms with van der Waals surface area (Å²) in [7, 11) is 0. The van der Waals surface area contributed by atoms with Crippen LogP contribution in [0.3, 0.4) is 0 Å². The molecular weight excluding hydrogens is 294 g/mol. The van der Waals surface area contributed by atoms with E-state index in [1.54, 1.807) is 22.7 Å². The maximum atomic E-state index is 12.1. The summed E-state index contributed by atoms with van der Waals surface area (Å²) in [6.07, 6.45) is 0.00916. The number of nitrogens with zero attached hydrogens (tertiary/aromatic N) is 4. The van der Waals surface area contributed by atoms with Crippen LogP contribution in [0, 0.1) is 20.8 Å². The Hall–Kier alpha value is -2.96. The number of carbonyl (C=O) groups excluding carboxylic acids is 1. The molecule has 7 heteroatoms. The van der Waals surface area contributed by atoms with Gasteiger partial charge in [-0.1, -0.05) is 6.07 Å². The number of aromatic hydroxyl groups is 1. The molecule has 1 aromatic carbocycles. The van der Waals surface area contributed by atoms with Crippen LogP contribution in [0.5, 0.6) is 5.75 Å². The first-order chi connectivity index (χ1) is 10.9. The standard InChI is InChI=1S/C16H17N5O2/c1-9-4-5-13(22)12(6-9)18-15(23)8-14-19-16-17-10(2)7-11(3)21(16)20-14/h4-7,22H,8H2,1-3H3,(H,18,23). The maximum absolute atomic E-state index is 12.1. The Balaban J connectivity index is 1.80. The highest BCUT2D eigenvalue weighted by atomic mass is 16.3. The van der Waals surface area contributed by atoms with Crippen molar-refractivity contribution in [3.63, 3.8) is 0 Å². The number of amides is 1. The number of rotatable bonds is 3. The molecule has 0 atom stereocenters. The lowest BCUT2D eigenvalue weighted by Gasteiger charge is -2.07. The molecule has 1 amide bonds. The summed E-state index contributed by atoms with van der Waals surface area (Å²) in [6.45, 7) is 5.68. The topological polar surface area (TPSA) is 92.4 Å². The second kappa shape index (κ2) is 5.68. The fourth-order valence-corrected chi connectivity index (χ4v) is 2.37. The lowest BCUT2D eigenvalue weighted by molar-refractivity contribution is -0.115. The summed E-state index contributed by atoms with van der Waals surface area (Å²) in [5.74, 6) is 0.593. The van der Waals surface area contributed by atoms with Crippen molar-refractivity contribution in [2.45, 2.75) is 27.2 Å². The van der Waals surface area contributed by atoms with E-state index in [-0.39, 0.29) is 18.1 Å². The summed E-state index contributed by atoms with van der Waals surface area (Å²) < 4.78 is 1.61. The highest BCUT2D eigenvalue weighted by Crippen LogP contribution is 2.23. The zero-order chi connectivity index (χ0) is 16.6. The number of anilines is 1. The van der Waals surface area contributed by atoms with Gasteiger partial charge in [0.25, 0.3) is 5.78 Å². The molecule has 0 aliphatic heterocycles. The van der Waals surface area contributed by atoms with Gasteiger partial charge in [-0.05, 0) is 44.5 Å². The zero-order valence-corrected chi connectivity index (χ0v) is 13.2. The second-order valence-electron chi connectivity index (χ2n) is 5.52. The third-order valence-corrected chi connectivity index (χ3v) is 3.41. The zero-order valence-electron chi connectivity index (χ0n) is 13.2. The third kappa shape index (κ3) is 3.13. The fourth-order valence-electron chi connectivity index (χ4n) is 2.37. The number of aryl methyl sites for hydroxylation is 3. The molecule has 2 heterocycles. The molecule has 0 aliphatic rings. The monoisotopic (exact) mass is 311 g/mol. The van der Waals surface area contributed by atoms with Crippen molar-refractivity contribution in [1.82, 2.24) is 19.6 Å². The molecule has 0 fully saturated rings. The average molecular weight is 311 g/mol. The van der Waals surface area contributed by atoms with Crippen LogP contribution in [0.15, 0.2) is 24.3 Å². The van der Waals surface area contributed by atoms with Gasteiger partial charge >= 0.3 is 0 Å². The van der Waals surface area contributed by atoms with Crippen LogP contribution < -0.4 is 5.32 Å². The summed E-state index contributed by atoms with van der Waals surface area (Å²) in [5, 5.41) is 16.7. The second-order valence-corrected chi connectivity index (χ2v) is 5.52. The number of hydrogen-bond acceptors (Lipinski definition) is 5. The van der Waals surface area contributed by atoms with Crippen LogP contribution >= 0.6 is 0 Å². The molecule has 0 spiro atoms. The van der Waals surface area contributed by atoms with Crippen molar-refractivity contribution in [2.75, 3.05) is 5.32 Å². The SMILES string of the molecule is Cc1ccc(O)c(NC(=O)Cc2nc3nc(C)cc(C)n3n2)c1. The smallest absolute Gasteiger partial charge is 0.252 e. The highest BCUT2D eigenvalue weighted by Gasteiger charge is 2.13. The van der Waals surface area contributed by atoms with Gasteiger partial charge in [0.2, 0.25) is 5.91 Å². The van der Waals surface area contributed by atoms with Crippen LogP contribution in [0.2, 0.25) is 0 Å². The molecule has 118 valence electrons. The maximum Gasteiger partial charge on any atom is 0.252 e.